The molecular weight excluding hydrogens is 332 g/mol. The summed E-state index contributed by atoms with van der Waals surface area (Å²) in [7, 11) is 0. The first-order valence-corrected chi connectivity index (χ1v) is 8.76. The van der Waals surface area contributed by atoms with E-state index < -0.39 is 0 Å². The van der Waals surface area contributed by atoms with Crippen molar-refractivity contribution in [2.24, 2.45) is 0 Å². The number of piperidine rings is 1. The second-order valence-electron chi connectivity index (χ2n) is 6.23. The van der Waals surface area contributed by atoms with Crippen LogP contribution in [-0.2, 0) is 6.54 Å². The molecule has 0 atom stereocenters. The van der Waals surface area contributed by atoms with Crippen molar-refractivity contribution < 1.29 is 4.79 Å². The Bertz CT molecular complexity index is 879. The van der Waals surface area contributed by atoms with E-state index >= 15 is 0 Å². The summed E-state index contributed by atoms with van der Waals surface area (Å²) in [6.45, 7) is 4.06. The fraction of sp³-hybridized carbons (Fsp3) is 0.412. The predicted octanol–water partition coefficient (Wildman–Crippen LogP) is 1.50. The Morgan fingerprint density at radius 1 is 1.27 bits per heavy atom. The van der Waals surface area contributed by atoms with E-state index in [0.29, 0.717) is 36.8 Å². The van der Waals surface area contributed by atoms with E-state index in [1.165, 1.54) is 0 Å². The third-order valence-corrected chi connectivity index (χ3v) is 4.70. The van der Waals surface area contributed by atoms with Crippen molar-refractivity contribution in [1.29, 1.82) is 0 Å². The summed E-state index contributed by atoms with van der Waals surface area (Å²) in [4.78, 5) is 27.4. The van der Waals surface area contributed by atoms with Gasteiger partial charge in [0.1, 0.15) is 17.2 Å². The molecule has 134 valence electrons. The van der Waals surface area contributed by atoms with Crippen LogP contribution in [0.2, 0.25) is 0 Å². The van der Waals surface area contributed by atoms with Crippen LogP contribution in [0.4, 0.5) is 0 Å². The lowest BCUT2D eigenvalue weighted by Crippen LogP contribution is -2.39. The van der Waals surface area contributed by atoms with Crippen LogP contribution in [0.25, 0.3) is 11.5 Å². The maximum Gasteiger partial charge on any atom is 0.272 e. The number of aryl methyl sites for hydroxylation is 1. The number of H-pyrrole nitrogens is 1. The molecule has 1 aliphatic heterocycles. The third-order valence-electron chi connectivity index (χ3n) is 4.70. The molecule has 4 rings (SSSR count). The summed E-state index contributed by atoms with van der Waals surface area (Å²) >= 11 is 0. The van der Waals surface area contributed by atoms with E-state index in [1.54, 1.807) is 35.5 Å². The van der Waals surface area contributed by atoms with Gasteiger partial charge in [-0.15, -0.1) is 0 Å². The number of carbonyl (C=O) groups is 1. The summed E-state index contributed by atoms with van der Waals surface area (Å²) in [6, 6.07) is 1.78. The lowest BCUT2D eigenvalue weighted by molar-refractivity contribution is 0.0698. The maximum atomic E-state index is 12.7. The number of rotatable bonds is 4. The van der Waals surface area contributed by atoms with Crippen molar-refractivity contribution in [2.45, 2.75) is 32.2 Å². The zero-order valence-electron chi connectivity index (χ0n) is 14.5. The number of nitrogens with zero attached hydrogens (tertiary/aromatic N) is 7. The Labute approximate surface area is 150 Å². The van der Waals surface area contributed by atoms with Crippen molar-refractivity contribution >= 4 is 5.91 Å². The molecule has 4 heterocycles. The average molecular weight is 352 g/mol. The number of amides is 1. The van der Waals surface area contributed by atoms with E-state index in [9.17, 15) is 4.79 Å². The first-order valence-electron chi connectivity index (χ1n) is 8.76. The quantitative estimate of drug-likeness (QED) is 0.763. The number of carbonyl (C=O) groups excluding carboxylic acids is 1. The molecule has 0 aromatic carbocycles. The number of aromatic amines is 1. The standard InChI is InChI=1S/C17H20N8O/c1-2-25-14(3-6-20-25)17(26)24-9-4-12(5-10-24)15-21-16(23-22-15)13-11-18-7-8-19-13/h3,6-8,11-12H,2,4-5,9-10H2,1H3,(H,21,22,23). The van der Waals surface area contributed by atoms with Gasteiger partial charge >= 0.3 is 0 Å². The summed E-state index contributed by atoms with van der Waals surface area (Å²) in [5, 5.41) is 11.4. The molecule has 0 saturated carbocycles. The van der Waals surface area contributed by atoms with Crippen molar-refractivity contribution in [2.75, 3.05) is 13.1 Å². The van der Waals surface area contributed by atoms with Gasteiger partial charge in [0.2, 0.25) is 5.82 Å². The molecule has 26 heavy (non-hydrogen) atoms. The van der Waals surface area contributed by atoms with Gasteiger partial charge < -0.3 is 4.90 Å². The van der Waals surface area contributed by atoms with Crippen LogP contribution in [0.15, 0.2) is 30.9 Å². The number of likely N-dealkylation sites (tertiary alicyclic amines) is 1. The Morgan fingerprint density at radius 3 is 2.85 bits per heavy atom. The third kappa shape index (κ3) is 3.07. The molecule has 9 nitrogen and oxygen atoms in total. The van der Waals surface area contributed by atoms with Gasteiger partial charge in [-0.05, 0) is 25.8 Å². The largest absolute Gasteiger partial charge is 0.337 e. The summed E-state index contributed by atoms with van der Waals surface area (Å²) in [5.74, 6) is 1.70. The first-order chi connectivity index (χ1) is 12.8. The van der Waals surface area contributed by atoms with Gasteiger partial charge in [0.05, 0.1) is 6.20 Å². The van der Waals surface area contributed by atoms with Crippen LogP contribution in [0.1, 0.15) is 42.0 Å². The highest BCUT2D eigenvalue weighted by molar-refractivity contribution is 5.92. The van der Waals surface area contributed by atoms with Crippen LogP contribution in [0.3, 0.4) is 0 Å². The average Bonchev–Trinajstić information content (AvgIpc) is 3.38. The molecule has 1 aliphatic rings. The van der Waals surface area contributed by atoms with Gasteiger partial charge in [0, 0.05) is 44.1 Å². The second-order valence-corrected chi connectivity index (χ2v) is 6.23. The number of hydrogen-bond donors (Lipinski definition) is 1. The molecule has 0 aliphatic carbocycles. The van der Waals surface area contributed by atoms with Gasteiger partial charge in [-0.25, -0.2) is 9.97 Å². The molecule has 0 spiro atoms. The molecule has 1 amide bonds. The molecule has 1 N–H and O–H groups in total. The fourth-order valence-electron chi connectivity index (χ4n) is 3.27. The molecule has 1 saturated heterocycles. The van der Waals surface area contributed by atoms with Crippen molar-refractivity contribution in [1.82, 2.24) is 39.8 Å². The minimum absolute atomic E-state index is 0.0422. The number of aromatic nitrogens is 7. The highest BCUT2D eigenvalue weighted by Crippen LogP contribution is 2.27. The lowest BCUT2D eigenvalue weighted by atomic mass is 9.96. The SMILES string of the molecule is CCn1nccc1C(=O)N1CCC(c2nc(-c3cnccn3)n[nH]2)CC1. The summed E-state index contributed by atoms with van der Waals surface area (Å²) in [5.41, 5.74) is 1.30. The van der Waals surface area contributed by atoms with Crippen molar-refractivity contribution in [3.63, 3.8) is 0 Å². The highest BCUT2D eigenvalue weighted by Gasteiger charge is 2.28. The molecule has 3 aromatic heterocycles. The Balaban J connectivity index is 1.41. The van der Waals surface area contributed by atoms with E-state index in [-0.39, 0.29) is 11.8 Å². The minimum atomic E-state index is 0.0422. The second kappa shape index (κ2) is 7.03. The number of nitrogens with one attached hydrogen (secondary N) is 1. The molecular formula is C17H20N8O. The molecule has 0 bridgehead atoms. The van der Waals surface area contributed by atoms with Crippen molar-refractivity contribution in [3.05, 3.63) is 42.4 Å². The van der Waals surface area contributed by atoms with E-state index in [2.05, 4.69) is 30.2 Å². The smallest absolute Gasteiger partial charge is 0.272 e. The number of hydrogen-bond acceptors (Lipinski definition) is 6. The fourth-order valence-corrected chi connectivity index (χ4v) is 3.27. The first kappa shape index (κ1) is 16.4. The van der Waals surface area contributed by atoms with Crippen LogP contribution in [0.5, 0.6) is 0 Å². The predicted molar refractivity (Wildman–Crippen MR) is 93.2 cm³/mol. The lowest BCUT2D eigenvalue weighted by Gasteiger charge is -2.31. The normalized spacial score (nSPS) is 15.3. The minimum Gasteiger partial charge on any atom is -0.337 e. The van der Waals surface area contributed by atoms with Crippen molar-refractivity contribution in [3.8, 4) is 11.5 Å². The zero-order chi connectivity index (χ0) is 17.9. The van der Waals surface area contributed by atoms with Gasteiger partial charge in [-0.3, -0.25) is 19.6 Å². The van der Waals surface area contributed by atoms with E-state index in [4.69, 9.17) is 0 Å². The van der Waals surface area contributed by atoms with E-state index in [0.717, 1.165) is 18.7 Å². The Morgan fingerprint density at radius 2 is 2.12 bits per heavy atom. The molecule has 3 aromatic rings. The maximum absolute atomic E-state index is 12.7. The summed E-state index contributed by atoms with van der Waals surface area (Å²) < 4.78 is 1.73. The van der Waals surface area contributed by atoms with Crippen LogP contribution in [0, 0.1) is 0 Å². The highest BCUT2D eigenvalue weighted by atomic mass is 16.2. The molecule has 1 fully saturated rings. The Kier molecular flexibility index (Phi) is 4.42. The van der Waals surface area contributed by atoms with Crippen LogP contribution >= 0.6 is 0 Å². The van der Waals surface area contributed by atoms with Gasteiger partial charge in [-0.2, -0.15) is 10.2 Å². The Hall–Kier alpha value is -3.10. The van der Waals surface area contributed by atoms with Crippen LogP contribution < -0.4 is 0 Å². The monoisotopic (exact) mass is 352 g/mol. The topological polar surface area (TPSA) is 105 Å². The van der Waals surface area contributed by atoms with Crippen LogP contribution in [-0.4, -0.2) is 58.8 Å². The zero-order valence-corrected chi connectivity index (χ0v) is 14.5. The van der Waals surface area contributed by atoms with E-state index in [1.807, 2.05) is 11.8 Å². The summed E-state index contributed by atoms with van der Waals surface area (Å²) in [6.07, 6.45) is 8.25. The molecule has 0 radical (unpaired) electrons. The van der Waals surface area contributed by atoms with Gasteiger partial charge in [0.15, 0.2) is 0 Å². The van der Waals surface area contributed by atoms with Gasteiger partial charge in [0.25, 0.3) is 5.91 Å². The molecule has 9 heteroatoms. The van der Waals surface area contributed by atoms with Gasteiger partial charge in [-0.1, -0.05) is 0 Å². The molecule has 0 unspecified atom stereocenters.